The zero-order valence-electron chi connectivity index (χ0n) is 8.07. The minimum Gasteiger partial charge on any atom is -0.308 e. The van der Waals surface area contributed by atoms with E-state index in [2.05, 4.69) is 5.32 Å². The minimum atomic E-state index is -3.90. The molecule has 1 N–H and O–H groups in total. The van der Waals surface area contributed by atoms with Crippen LogP contribution < -0.4 is 5.32 Å². The molecule has 0 spiro atoms. The average molecular weight is 213 g/mol. The van der Waals surface area contributed by atoms with Crippen molar-refractivity contribution in [2.24, 2.45) is 5.92 Å². The third-order valence-corrected chi connectivity index (χ3v) is 2.39. The zero-order chi connectivity index (χ0) is 10.8. The van der Waals surface area contributed by atoms with Gasteiger partial charge in [0.05, 0.1) is 6.54 Å². The summed E-state index contributed by atoms with van der Waals surface area (Å²) in [6.45, 7) is 0.818. The van der Waals surface area contributed by atoms with Gasteiger partial charge in [-0.3, -0.25) is 0 Å². The van der Waals surface area contributed by atoms with Gasteiger partial charge in [-0.05, 0) is 19.3 Å². The third kappa shape index (κ3) is 3.82. The molecule has 1 rings (SSSR count). The molecule has 0 bridgehead atoms. The van der Waals surface area contributed by atoms with Crippen LogP contribution in [0.15, 0.2) is 0 Å². The molecule has 1 atom stereocenters. The fourth-order valence-electron chi connectivity index (χ4n) is 1.32. The number of hydrogen-bond acceptors (Lipinski definition) is 1. The monoisotopic (exact) mass is 213 g/mol. The lowest BCUT2D eigenvalue weighted by Gasteiger charge is -2.19. The molecule has 14 heavy (non-hydrogen) atoms. The van der Waals surface area contributed by atoms with E-state index >= 15 is 0 Å². The maximum absolute atomic E-state index is 12.4. The van der Waals surface area contributed by atoms with Crippen molar-refractivity contribution in [3.05, 3.63) is 0 Å². The minimum absolute atomic E-state index is 0.105. The van der Waals surface area contributed by atoms with Gasteiger partial charge in [-0.2, -0.15) is 8.78 Å². The van der Waals surface area contributed by atoms with Gasteiger partial charge in [0, 0.05) is 6.04 Å². The highest BCUT2D eigenvalue weighted by molar-refractivity contribution is 4.80. The van der Waals surface area contributed by atoms with E-state index in [-0.39, 0.29) is 6.04 Å². The summed E-state index contributed by atoms with van der Waals surface area (Å²) in [7, 11) is 0. The first-order valence-electron chi connectivity index (χ1n) is 4.81. The Labute approximate surface area is 80.9 Å². The highest BCUT2D eigenvalue weighted by Crippen LogP contribution is 2.33. The summed E-state index contributed by atoms with van der Waals surface area (Å²) in [5.74, 6) is -3.30. The standard InChI is InChI=1S/C9H15F4N/c1-6(4-7-2-3-7)14-5-9(12,13)8(10)11/h6-8,14H,2-5H2,1H3. The Hall–Kier alpha value is -0.320. The van der Waals surface area contributed by atoms with Gasteiger partial charge in [0.2, 0.25) is 0 Å². The number of nitrogens with one attached hydrogen (secondary N) is 1. The van der Waals surface area contributed by atoms with E-state index in [9.17, 15) is 17.6 Å². The quantitative estimate of drug-likeness (QED) is 0.669. The fraction of sp³-hybridized carbons (Fsp3) is 1.00. The van der Waals surface area contributed by atoms with Gasteiger partial charge in [-0.1, -0.05) is 12.8 Å². The lowest BCUT2D eigenvalue weighted by atomic mass is 10.1. The highest BCUT2D eigenvalue weighted by Gasteiger charge is 2.40. The van der Waals surface area contributed by atoms with Gasteiger partial charge in [0.1, 0.15) is 0 Å². The Morgan fingerprint density at radius 2 is 1.93 bits per heavy atom. The Morgan fingerprint density at radius 1 is 1.36 bits per heavy atom. The summed E-state index contributed by atoms with van der Waals surface area (Å²) >= 11 is 0. The molecular weight excluding hydrogens is 198 g/mol. The summed E-state index contributed by atoms with van der Waals surface area (Å²) in [5, 5.41) is 2.45. The van der Waals surface area contributed by atoms with Crippen molar-refractivity contribution in [1.82, 2.24) is 5.32 Å². The Kier molecular flexibility index (Phi) is 3.75. The Morgan fingerprint density at radius 3 is 2.36 bits per heavy atom. The first-order chi connectivity index (χ1) is 6.42. The molecule has 1 aliphatic rings. The van der Waals surface area contributed by atoms with Crippen molar-refractivity contribution in [3.8, 4) is 0 Å². The van der Waals surface area contributed by atoms with Crippen molar-refractivity contribution in [1.29, 1.82) is 0 Å². The van der Waals surface area contributed by atoms with E-state index in [1.54, 1.807) is 6.92 Å². The second kappa shape index (κ2) is 4.47. The summed E-state index contributed by atoms with van der Waals surface area (Å²) in [6.07, 6.45) is -0.503. The van der Waals surface area contributed by atoms with Gasteiger partial charge in [0.15, 0.2) is 0 Å². The van der Waals surface area contributed by atoms with Gasteiger partial charge in [-0.15, -0.1) is 0 Å². The number of alkyl halides is 4. The smallest absolute Gasteiger partial charge is 0.308 e. The SMILES string of the molecule is CC(CC1CC1)NCC(F)(F)C(F)F. The predicted molar refractivity (Wildman–Crippen MR) is 45.8 cm³/mol. The van der Waals surface area contributed by atoms with Crippen LogP contribution in [-0.4, -0.2) is 24.9 Å². The Bertz CT molecular complexity index is 180. The van der Waals surface area contributed by atoms with E-state index in [1.807, 2.05) is 0 Å². The molecule has 1 fully saturated rings. The van der Waals surface area contributed by atoms with Gasteiger partial charge >= 0.3 is 12.3 Å². The van der Waals surface area contributed by atoms with E-state index in [4.69, 9.17) is 0 Å². The van der Waals surface area contributed by atoms with Crippen molar-refractivity contribution >= 4 is 0 Å². The maximum atomic E-state index is 12.4. The van der Waals surface area contributed by atoms with Crippen LogP contribution in [-0.2, 0) is 0 Å². The number of rotatable bonds is 6. The van der Waals surface area contributed by atoms with Crippen molar-refractivity contribution in [2.45, 2.75) is 44.6 Å². The molecule has 1 unspecified atom stereocenters. The van der Waals surface area contributed by atoms with Gasteiger partial charge in [0.25, 0.3) is 0 Å². The van der Waals surface area contributed by atoms with Crippen LogP contribution in [0.5, 0.6) is 0 Å². The molecule has 1 saturated carbocycles. The van der Waals surface area contributed by atoms with Crippen molar-refractivity contribution < 1.29 is 17.6 Å². The van der Waals surface area contributed by atoms with Crippen LogP contribution in [0.25, 0.3) is 0 Å². The maximum Gasteiger partial charge on any atom is 0.319 e. The predicted octanol–water partition coefficient (Wildman–Crippen LogP) is 2.67. The van der Waals surface area contributed by atoms with E-state index in [0.29, 0.717) is 5.92 Å². The Balaban J connectivity index is 2.17. The molecular formula is C9H15F4N. The fourth-order valence-corrected chi connectivity index (χ4v) is 1.32. The first-order valence-corrected chi connectivity index (χ1v) is 4.81. The molecule has 0 saturated heterocycles. The molecule has 0 aromatic heterocycles. The van der Waals surface area contributed by atoms with Gasteiger partial charge in [-0.25, -0.2) is 8.78 Å². The lowest BCUT2D eigenvalue weighted by molar-refractivity contribution is -0.126. The van der Waals surface area contributed by atoms with Crippen LogP contribution in [0, 0.1) is 5.92 Å². The van der Waals surface area contributed by atoms with Crippen LogP contribution in [0.4, 0.5) is 17.6 Å². The van der Waals surface area contributed by atoms with Crippen LogP contribution in [0.2, 0.25) is 0 Å². The lowest BCUT2D eigenvalue weighted by Crippen LogP contribution is -2.42. The van der Waals surface area contributed by atoms with Crippen molar-refractivity contribution in [2.75, 3.05) is 6.54 Å². The largest absolute Gasteiger partial charge is 0.319 e. The van der Waals surface area contributed by atoms with Gasteiger partial charge < -0.3 is 5.32 Å². The molecule has 84 valence electrons. The summed E-state index contributed by atoms with van der Waals surface area (Å²) < 4.78 is 48.4. The zero-order valence-corrected chi connectivity index (χ0v) is 8.07. The van der Waals surface area contributed by atoms with Crippen molar-refractivity contribution in [3.63, 3.8) is 0 Å². The molecule has 0 heterocycles. The molecule has 0 aromatic carbocycles. The van der Waals surface area contributed by atoms with E-state index in [1.165, 1.54) is 0 Å². The topological polar surface area (TPSA) is 12.0 Å². The molecule has 0 aromatic rings. The van der Waals surface area contributed by atoms with Crippen LogP contribution in [0.3, 0.4) is 0 Å². The molecule has 0 amide bonds. The first kappa shape index (κ1) is 11.8. The average Bonchev–Trinajstić information content (AvgIpc) is 2.85. The second-order valence-corrected chi connectivity index (χ2v) is 4.02. The molecule has 0 radical (unpaired) electrons. The summed E-state index contributed by atoms with van der Waals surface area (Å²) in [5.41, 5.74) is 0. The normalized spacial score (nSPS) is 20.1. The van der Waals surface area contributed by atoms with E-state index < -0.39 is 18.9 Å². The van der Waals surface area contributed by atoms with Crippen LogP contribution in [0.1, 0.15) is 26.2 Å². The molecule has 1 nitrogen and oxygen atoms in total. The molecule has 5 heteroatoms. The van der Waals surface area contributed by atoms with E-state index in [0.717, 1.165) is 19.3 Å². The molecule has 1 aliphatic carbocycles. The highest BCUT2D eigenvalue weighted by atomic mass is 19.3. The third-order valence-electron chi connectivity index (χ3n) is 2.39. The number of halogens is 4. The van der Waals surface area contributed by atoms with Crippen LogP contribution >= 0.6 is 0 Å². The molecule has 0 aliphatic heterocycles. The number of hydrogen-bond donors (Lipinski definition) is 1. The summed E-state index contributed by atoms with van der Waals surface area (Å²) in [6, 6.07) is -0.105. The second-order valence-electron chi connectivity index (χ2n) is 4.02. The summed E-state index contributed by atoms with van der Waals surface area (Å²) in [4.78, 5) is 0.